The van der Waals surface area contributed by atoms with E-state index in [4.69, 9.17) is 11.6 Å². The van der Waals surface area contributed by atoms with Crippen molar-refractivity contribution in [3.05, 3.63) is 75.4 Å². The Hall–Kier alpha value is -2.79. The first-order valence-corrected chi connectivity index (χ1v) is 8.65. The normalized spacial score (nSPS) is 16.8. The maximum absolute atomic E-state index is 13.0. The smallest absolute Gasteiger partial charge is 0.319 e. The van der Waals surface area contributed by atoms with E-state index in [0.29, 0.717) is 27.5 Å². The summed E-state index contributed by atoms with van der Waals surface area (Å²) in [4.78, 5) is 25.0. The summed E-state index contributed by atoms with van der Waals surface area (Å²) in [5, 5.41) is 8.87. The molecule has 0 aromatic heterocycles. The van der Waals surface area contributed by atoms with Crippen molar-refractivity contribution in [1.29, 1.82) is 0 Å². The van der Waals surface area contributed by atoms with Crippen LogP contribution in [0.15, 0.2) is 53.7 Å². The molecule has 134 valence electrons. The maximum atomic E-state index is 13.0. The van der Waals surface area contributed by atoms with Crippen LogP contribution in [0.2, 0.25) is 5.02 Å². The summed E-state index contributed by atoms with van der Waals surface area (Å²) in [6.45, 7) is 5.66. The molecule has 3 rings (SSSR count). The lowest BCUT2D eigenvalue weighted by Crippen LogP contribution is -2.46. The zero-order chi connectivity index (χ0) is 18.8. The van der Waals surface area contributed by atoms with Crippen LogP contribution in [0.4, 0.5) is 10.5 Å². The Morgan fingerprint density at radius 1 is 1.08 bits per heavy atom. The molecule has 1 unspecified atom stereocenters. The minimum atomic E-state index is -0.622. The van der Waals surface area contributed by atoms with Gasteiger partial charge in [-0.15, -0.1) is 0 Å². The third-order valence-electron chi connectivity index (χ3n) is 4.21. The third kappa shape index (κ3) is 3.73. The number of amides is 3. The highest BCUT2D eigenvalue weighted by atomic mass is 35.5. The van der Waals surface area contributed by atoms with Crippen LogP contribution in [0.5, 0.6) is 0 Å². The number of carbonyl (C=O) groups excluding carboxylic acids is 2. The van der Waals surface area contributed by atoms with Crippen LogP contribution in [0.25, 0.3) is 0 Å². The second-order valence-electron chi connectivity index (χ2n) is 6.42. The fourth-order valence-electron chi connectivity index (χ4n) is 3.18. The van der Waals surface area contributed by atoms with E-state index < -0.39 is 6.04 Å². The Balaban J connectivity index is 1.98. The summed E-state index contributed by atoms with van der Waals surface area (Å²) in [7, 11) is 0. The Morgan fingerprint density at radius 2 is 1.73 bits per heavy atom. The van der Waals surface area contributed by atoms with Crippen molar-refractivity contribution in [2.75, 3.05) is 5.32 Å². The van der Waals surface area contributed by atoms with E-state index >= 15 is 0 Å². The average molecular weight is 370 g/mol. The molecule has 6 heteroatoms. The molecule has 0 saturated heterocycles. The highest BCUT2D eigenvalue weighted by Crippen LogP contribution is 2.32. The van der Waals surface area contributed by atoms with E-state index in [1.165, 1.54) is 0 Å². The van der Waals surface area contributed by atoms with Crippen LogP contribution in [0.3, 0.4) is 0 Å². The van der Waals surface area contributed by atoms with Gasteiger partial charge >= 0.3 is 6.03 Å². The fraction of sp³-hybridized carbons (Fsp3) is 0.200. The molecule has 2 aromatic carbocycles. The van der Waals surface area contributed by atoms with Crippen molar-refractivity contribution in [1.82, 2.24) is 10.6 Å². The van der Waals surface area contributed by atoms with E-state index in [2.05, 4.69) is 16.0 Å². The zero-order valence-corrected chi connectivity index (χ0v) is 15.6. The van der Waals surface area contributed by atoms with E-state index in [9.17, 15) is 9.59 Å². The monoisotopic (exact) mass is 369 g/mol. The SMILES string of the molecule is CC1=C(C(=O)Nc2cc(C)cc(C)c2)C(c2ccccc2Cl)NC(=O)N1. The van der Waals surface area contributed by atoms with Crippen LogP contribution >= 0.6 is 11.6 Å². The van der Waals surface area contributed by atoms with Crippen molar-refractivity contribution in [3.63, 3.8) is 0 Å². The van der Waals surface area contributed by atoms with Gasteiger partial charge in [-0.25, -0.2) is 4.79 Å². The summed E-state index contributed by atoms with van der Waals surface area (Å²) in [6.07, 6.45) is 0. The number of aryl methyl sites for hydroxylation is 2. The van der Waals surface area contributed by atoms with E-state index in [-0.39, 0.29) is 11.9 Å². The fourth-order valence-corrected chi connectivity index (χ4v) is 3.43. The molecule has 1 atom stereocenters. The number of nitrogens with one attached hydrogen (secondary N) is 3. The van der Waals surface area contributed by atoms with Crippen LogP contribution in [0, 0.1) is 13.8 Å². The van der Waals surface area contributed by atoms with Gasteiger partial charge in [0.25, 0.3) is 5.91 Å². The Bertz CT molecular complexity index is 901. The van der Waals surface area contributed by atoms with Gasteiger partial charge in [-0.2, -0.15) is 0 Å². The Labute approximate surface area is 157 Å². The van der Waals surface area contributed by atoms with Crippen molar-refractivity contribution in [2.24, 2.45) is 0 Å². The van der Waals surface area contributed by atoms with Crippen LogP contribution in [0.1, 0.15) is 29.7 Å². The van der Waals surface area contributed by atoms with Crippen molar-refractivity contribution >= 4 is 29.2 Å². The van der Waals surface area contributed by atoms with E-state index in [1.54, 1.807) is 25.1 Å². The highest BCUT2D eigenvalue weighted by Gasteiger charge is 2.32. The van der Waals surface area contributed by atoms with Crippen LogP contribution in [-0.4, -0.2) is 11.9 Å². The molecule has 0 saturated carbocycles. The third-order valence-corrected chi connectivity index (χ3v) is 4.55. The molecule has 5 nitrogen and oxygen atoms in total. The molecule has 0 aliphatic carbocycles. The number of rotatable bonds is 3. The van der Waals surface area contributed by atoms with Gasteiger partial charge in [-0.1, -0.05) is 35.9 Å². The average Bonchev–Trinajstić information content (AvgIpc) is 2.53. The molecular weight excluding hydrogens is 350 g/mol. The van der Waals surface area contributed by atoms with Gasteiger partial charge in [0.1, 0.15) is 0 Å². The first-order chi connectivity index (χ1) is 12.3. The molecule has 1 aliphatic rings. The number of hydrogen-bond donors (Lipinski definition) is 3. The number of hydrogen-bond acceptors (Lipinski definition) is 2. The molecule has 0 fully saturated rings. The quantitative estimate of drug-likeness (QED) is 0.757. The summed E-state index contributed by atoms with van der Waals surface area (Å²) in [5.41, 5.74) is 4.43. The van der Waals surface area contributed by atoms with Gasteiger partial charge in [0.15, 0.2) is 0 Å². The molecule has 0 spiro atoms. The van der Waals surface area contributed by atoms with Crippen molar-refractivity contribution in [3.8, 4) is 0 Å². The van der Waals surface area contributed by atoms with E-state index in [1.807, 2.05) is 38.1 Å². The minimum Gasteiger partial charge on any atom is -0.327 e. The molecular formula is C20H20ClN3O2. The highest BCUT2D eigenvalue weighted by molar-refractivity contribution is 6.31. The number of halogens is 1. The molecule has 0 radical (unpaired) electrons. The molecule has 2 aromatic rings. The minimum absolute atomic E-state index is 0.287. The first-order valence-electron chi connectivity index (χ1n) is 8.27. The first kappa shape index (κ1) is 18.0. The standard InChI is InChI=1S/C20H20ClN3O2/c1-11-8-12(2)10-14(9-11)23-19(25)17-13(3)22-20(26)24-18(17)15-6-4-5-7-16(15)21/h4-10,18H,1-3H3,(H,23,25)(H2,22,24,26). The van der Waals surface area contributed by atoms with Gasteiger partial charge in [0, 0.05) is 16.4 Å². The van der Waals surface area contributed by atoms with Crippen LogP contribution in [-0.2, 0) is 4.79 Å². The predicted octanol–water partition coefficient (Wildman–Crippen LogP) is 4.22. The molecule has 3 amide bonds. The summed E-state index contributed by atoms with van der Waals surface area (Å²) < 4.78 is 0. The molecule has 1 heterocycles. The number of benzene rings is 2. The lowest BCUT2D eigenvalue weighted by molar-refractivity contribution is -0.113. The van der Waals surface area contributed by atoms with Gasteiger partial charge in [0.05, 0.1) is 11.6 Å². The number of allylic oxidation sites excluding steroid dienone is 1. The Kier molecular flexibility index (Phi) is 5.00. The maximum Gasteiger partial charge on any atom is 0.319 e. The van der Waals surface area contributed by atoms with Gasteiger partial charge in [0.2, 0.25) is 0 Å². The van der Waals surface area contributed by atoms with Gasteiger partial charge in [-0.3, -0.25) is 4.79 Å². The summed E-state index contributed by atoms with van der Waals surface area (Å²) in [6, 6.07) is 12.0. The number of carbonyl (C=O) groups is 2. The zero-order valence-electron chi connectivity index (χ0n) is 14.8. The topological polar surface area (TPSA) is 70.2 Å². The lowest BCUT2D eigenvalue weighted by Gasteiger charge is -2.29. The summed E-state index contributed by atoms with van der Waals surface area (Å²) >= 11 is 6.30. The Morgan fingerprint density at radius 3 is 2.38 bits per heavy atom. The van der Waals surface area contributed by atoms with E-state index in [0.717, 1.165) is 11.1 Å². The molecule has 26 heavy (non-hydrogen) atoms. The molecule has 1 aliphatic heterocycles. The van der Waals surface area contributed by atoms with Crippen LogP contribution < -0.4 is 16.0 Å². The molecule has 3 N–H and O–H groups in total. The lowest BCUT2D eigenvalue weighted by atomic mass is 9.94. The number of anilines is 1. The molecule has 0 bridgehead atoms. The van der Waals surface area contributed by atoms with Crippen molar-refractivity contribution in [2.45, 2.75) is 26.8 Å². The summed E-state index contributed by atoms with van der Waals surface area (Å²) in [5.74, 6) is -0.287. The van der Waals surface area contributed by atoms with Gasteiger partial charge in [-0.05, 0) is 55.7 Å². The second-order valence-corrected chi connectivity index (χ2v) is 6.83. The number of urea groups is 1. The van der Waals surface area contributed by atoms with Crippen molar-refractivity contribution < 1.29 is 9.59 Å². The largest absolute Gasteiger partial charge is 0.327 e. The second kappa shape index (κ2) is 7.22. The predicted molar refractivity (Wildman–Crippen MR) is 103 cm³/mol. The van der Waals surface area contributed by atoms with Gasteiger partial charge < -0.3 is 16.0 Å².